The highest BCUT2D eigenvalue weighted by Crippen LogP contribution is 2.34. The van der Waals surface area contributed by atoms with Crippen LogP contribution in [0, 0.1) is 11.3 Å². The minimum absolute atomic E-state index is 0.327. The molecule has 0 spiro atoms. The third-order valence-corrected chi connectivity index (χ3v) is 6.10. The quantitative estimate of drug-likeness (QED) is 0.542. The third-order valence-electron chi connectivity index (χ3n) is 6.10. The molecule has 172 valence electrons. The second-order valence-electron chi connectivity index (χ2n) is 8.92. The van der Waals surface area contributed by atoms with Gasteiger partial charge in [-0.1, -0.05) is 54.6 Å². The maximum absolute atomic E-state index is 13.1. The standard InChI is InChI=1S/C28H28N4O2/c1-32(2)24-14-8-20(9-15-24)18-25(27(34)31-28(19-29)16-17-28)30-26(33)23-12-10-22(11-13-23)21-6-4-3-5-7-21/h3-15,25H,16-18H2,1-2H3,(H,30,33)(H,31,34)/t25-/m0/s1. The summed E-state index contributed by atoms with van der Waals surface area (Å²) >= 11 is 0. The summed E-state index contributed by atoms with van der Waals surface area (Å²) in [5, 5.41) is 15.1. The predicted molar refractivity (Wildman–Crippen MR) is 133 cm³/mol. The SMILES string of the molecule is CN(C)c1ccc(C[C@H](NC(=O)c2ccc(-c3ccccc3)cc2)C(=O)NC2(C#N)CC2)cc1. The number of hydrogen-bond acceptors (Lipinski definition) is 4. The van der Waals surface area contributed by atoms with Crippen molar-refractivity contribution in [3.63, 3.8) is 0 Å². The van der Waals surface area contributed by atoms with Crippen LogP contribution in [0.3, 0.4) is 0 Å². The van der Waals surface area contributed by atoms with Gasteiger partial charge in [-0.2, -0.15) is 5.26 Å². The zero-order valence-electron chi connectivity index (χ0n) is 19.4. The maximum Gasteiger partial charge on any atom is 0.251 e. The lowest BCUT2D eigenvalue weighted by molar-refractivity contribution is -0.123. The number of carbonyl (C=O) groups excluding carboxylic acids is 2. The average molecular weight is 453 g/mol. The van der Waals surface area contributed by atoms with Gasteiger partial charge in [0.05, 0.1) is 6.07 Å². The molecule has 1 aliphatic carbocycles. The Morgan fingerprint density at radius 1 is 0.941 bits per heavy atom. The molecule has 1 fully saturated rings. The lowest BCUT2D eigenvalue weighted by Crippen LogP contribution is -2.51. The fraction of sp³-hybridized carbons (Fsp3) is 0.250. The van der Waals surface area contributed by atoms with Crippen molar-refractivity contribution in [3.8, 4) is 17.2 Å². The van der Waals surface area contributed by atoms with Gasteiger partial charge in [0.25, 0.3) is 5.91 Å². The first kappa shape index (κ1) is 23.1. The van der Waals surface area contributed by atoms with Crippen LogP contribution in [0.5, 0.6) is 0 Å². The molecule has 0 heterocycles. The molecule has 2 amide bonds. The molecule has 1 aliphatic rings. The van der Waals surface area contributed by atoms with Gasteiger partial charge in [-0.25, -0.2) is 0 Å². The fourth-order valence-electron chi connectivity index (χ4n) is 3.77. The maximum atomic E-state index is 13.1. The smallest absolute Gasteiger partial charge is 0.251 e. The van der Waals surface area contributed by atoms with Crippen LogP contribution in [-0.2, 0) is 11.2 Å². The summed E-state index contributed by atoms with van der Waals surface area (Å²) < 4.78 is 0. The second kappa shape index (κ2) is 9.80. The molecule has 0 saturated heterocycles. The topological polar surface area (TPSA) is 85.2 Å². The Morgan fingerprint density at radius 3 is 2.12 bits per heavy atom. The van der Waals surface area contributed by atoms with E-state index in [9.17, 15) is 14.9 Å². The number of nitrogens with one attached hydrogen (secondary N) is 2. The van der Waals surface area contributed by atoms with Crippen LogP contribution < -0.4 is 15.5 Å². The minimum atomic E-state index is -0.799. The average Bonchev–Trinajstić information content (AvgIpc) is 3.64. The van der Waals surface area contributed by atoms with Gasteiger partial charge in [0, 0.05) is 31.8 Å². The molecule has 6 heteroatoms. The van der Waals surface area contributed by atoms with Crippen molar-refractivity contribution in [2.45, 2.75) is 30.8 Å². The van der Waals surface area contributed by atoms with Gasteiger partial charge in [0.1, 0.15) is 11.6 Å². The van der Waals surface area contributed by atoms with Crippen molar-refractivity contribution in [2.75, 3.05) is 19.0 Å². The fourth-order valence-corrected chi connectivity index (χ4v) is 3.77. The summed E-state index contributed by atoms with van der Waals surface area (Å²) in [4.78, 5) is 28.1. The molecule has 0 bridgehead atoms. The van der Waals surface area contributed by atoms with Crippen LogP contribution in [0.4, 0.5) is 5.69 Å². The Kier molecular flexibility index (Phi) is 6.65. The van der Waals surface area contributed by atoms with Crippen LogP contribution in [0.1, 0.15) is 28.8 Å². The van der Waals surface area contributed by atoms with E-state index in [1.165, 1.54) is 0 Å². The number of anilines is 1. The van der Waals surface area contributed by atoms with Crippen molar-refractivity contribution < 1.29 is 9.59 Å². The number of carbonyl (C=O) groups is 2. The van der Waals surface area contributed by atoms with Gasteiger partial charge in [-0.05, 0) is 53.8 Å². The van der Waals surface area contributed by atoms with E-state index in [-0.39, 0.29) is 11.8 Å². The van der Waals surface area contributed by atoms with Gasteiger partial charge in [0.15, 0.2) is 0 Å². The van der Waals surface area contributed by atoms with Crippen molar-refractivity contribution in [1.29, 1.82) is 5.26 Å². The number of amides is 2. The van der Waals surface area contributed by atoms with Crippen LogP contribution in [0.15, 0.2) is 78.9 Å². The van der Waals surface area contributed by atoms with Gasteiger partial charge >= 0.3 is 0 Å². The van der Waals surface area contributed by atoms with E-state index in [1.807, 2.05) is 85.7 Å². The van der Waals surface area contributed by atoms with Crippen LogP contribution in [-0.4, -0.2) is 37.5 Å². The Morgan fingerprint density at radius 2 is 1.56 bits per heavy atom. The van der Waals surface area contributed by atoms with Gasteiger partial charge in [0.2, 0.25) is 5.91 Å². The zero-order chi connectivity index (χ0) is 24.1. The van der Waals surface area contributed by atoms with Crippen LogP contribution in [0.2, 0.25) is 0 Å². The van der Waals surface area contributed by atoms with E-state index in [4.69, 9.17) is 0 Å². The molecule has 2 N–H and O–H groups in total. The number of benzene rings is 3. The van der Waals surface area contributed by atoms with Gasteiger partial charge in [-0.3, -0.25) is 9.59 Å². The van der Waals surface area contributed by atoms with Crippen molar-refractivity contribution >= 4 is 17.5 Å². The number of hydrogen-bond donors (Lipinski definition) is 2. The van der Waals surface area contributed by atoms with E-state index in [0.717, 1.165) is 22.4 Å². The predicted octanol–water partition coefficient (Wildman–Crippen LogP) is 3.93. The summed E-state index contributed by atoms with van der Waals surface area (Å²) in [6.07, 6.45) is 1.59. The Labute approximate surface area is 200 Å². The zero-order valence-corrected chi connectivity index (χ0v) is 19.4. The number of nitrogens with zero attached hydrogens (tertiary/aromatic N) is 2. The molecule has 0 unspecified atom stereocenters. The Balaban J connectivity index is 1.50. The van der Waals surface area contributed by atoms with Gasteiger partial charge < -0.3 is 15.5 Å². The molecule has 1 atom stereocenters. The van der Waals surface area contributed by atoms with E-state index >= 15 is 0 Å². The van der Waals surface area contributed by atoms with Crippen molar-refractivity contribution in [2.24, 2.45) is 0 Å². The summed E-state index contributed by atoms with van der Waals surface area (Å²) in [5.41, 5.74) is 3.73. The highest BCUT2D eigenvalue weighted by Gasteiger charge is 2.45. The van der Waals surface area contributed by atoms with Crippen molar-refractivity contribution in [1.82, 2.24) is 10.6 Å². The van der Waals surface area contributed by atoms with Crippen molar-refractivity contribution in [3.05, 3.63) is 90.0 Å². The highest BCUT2D eigenvalue weighted by molar-refractivity contribution is 5.98. The lowest BCUT2D eigenvalue weighted by Gasteiger charge is -2.21. The molecular weight excluding hydrogens is 424 g/mol. The summed E-state index contributed by atoms with van der Waals surface area (Å²) in [6, 6.07) is 26.5. The van der Waals surface area contributed by atoms with E-state index < -0.39 is 11.6 Å². The van der Waals surface area contributed by atoms with Crippen LogP contribution in [0.25, 0.3) is 11.1 Å². The lowest BCUT2D eigenvalue weighted by atomic mass is 10.0. The number of nitriles is 1. The normalized spacial score (nSPS) is 14.4. The van der Waals surface area contributed by atoms with E-state index in [2.05, 4.69) is 16.7 Å². The van der Waals surface area contributed by atoms with Crippen LogP contribution >= 0.6 is 0 Å². The minimum Gasteiger partial charge on any atom is -0.378 e. The first-order valence-corrected chi connectivity index (χ1v) is 11.3. The van der Waals surface area contributed by atoms with E-state index in [0.29, 0.717) is 24.8 Å². The summed E-state index contributed by atoms with van der Waals surface area (Å²) in [5.74, 6) is -0.670. The largest absolute Gasteiger partial charge is 0.378 e. The number of rotatable bonds is 8. The molecular formula is C28H28N4O2. The molecule has 3 aromatic carbocycles. The second-order valence-corrected chi connectivity index (χ2v) is 8.92. The van der Waals surface area contributed by atoms with E-state index in [1.54, 1.807) is 12.1 Å². The third kappa shape index (κ3) is 5.44. The molecule has 0 aromatic heterocycles. The first-order valence-electron chi connectivity index (χ1n) is 11.3. The Bertz CT molecular complexity index is 1190. The molecule has 4 rings (SSSR count). The Hall–Kier alpha value is -4.11. The van der Waals surface area contributed by atoms with Gasteiger partial charge in [-0.15, -0.1) is 0 Å². The monoisotopic (exact) mass is 452 g/mol. The first-order chi connectivity index (χ1) is 16.4. The molecule has 6 nitrogen and oxygen atoms in total. The molecule has 1 saturated carbocycles. The summed E-state index contributed by atoms with van der Waals surface area (Å²) in [6.45, 7) is 0. The molecule has 0 radical (unpaired) electrons. The summed E-state index contributed by atoms with van der Waals surface area (Å²) in [7, 11) is 3.93. The molecule has 34 heavy (non-hydrogen) atoms. The molecule has 0 aliphatic heterocycles. The molecule has 3 aromatic rings. The highest BCUT2D eigenvalue weighted by atomic mass is 16.2.